The van der Waals surface area contributed by atoms with Gasteiger partial charge < -0.3 is 29.9 Å². The van der Waals surface area contributed by atoms with E-state index in [9.17, 15) is 23.1 Å². The van der Waals surface area contributed by atoms with Gasteiger partial charge in [-0.15, -0.1) is 0 Å². The molecule has 0 spiro atoms. The smallest absolute Gasteiger partial charge is 0.389 e. The monoisotopic (exact) mass is 533 g/mol. The second-order valence-electron chi connectivity index (χ2n) is 10.4. The van der Waals surface area contributed by atoms with Crippen LogP contribution in [-0.2, 0) is 4.74 Å². The molecule has 0 aliphatic carbocycles. The molecule has 1 aromatic heterocycles. The molecule has 5 rings (SSSR count). The lowest BCUT2D eigenvalue weighted by atomic mass is 10.00. The highest BCUT2D eigenvalue weighted by Crippen LogP contribution is 2.34. The quantitative estimate of drug-likeness (QED) is 0.598. The molecule has 2 amide bonds. The first kappa shape index (κ1) is 26.6. The number of rotatable bonds is 5. The summed E-state index contributed by atoms with van der Waals surface area (Å²) in [5.74, 6) is 1.07. The molecule has 1 aromatic carbocycles. The molecule has 3 fully saturated rings. The zero-order chi connectivity index (χ0) is 26.9. The van der Waals surface area contributed by atoms with Gasteiger partial charge in [0.25, 0.3) is 0 Å². The fourth-order valence-corrected chi connectivity index (χ4v) is 5.45. The Bertz CT molecular complexity index is 1130. The van der Waals surface area contributed by atoms with Gasteiger partial charge in [-0.05, 0) is 66.6 Å². The number of hydrogen-bond acceptors (Lipinski definition) is 6. The number of β-amino-alcohol motifs (C(OH)–C–C–N with tert-alkyl or cyclic N) is 1. The fourth-order valence-electron chi connectivity index (χ4n) is 5.45. The minimum Gasteiger partial charge on any atom is -0.391 e. The van der Waals surface area contributed by atoms with Gasteiger partial charge in [0.05, 0.1) is 19.3 Å². The normalized spacial score (nSPS) is 22.3. The number of aliphatic hydroxyl groups is 1. The number of benzene rings is 1. The number of aryl methyl sites for hydroxylation is 1. The Balaban J connectivity index is 1.38. The van der Waals surface area contributed by atoms with E-state index in [0.29, 0.717) is 44.8 Å². The second kappa shape index (κ2) is 11.0. The average Bonchev–Trinajstić information content (AvgIpc) is 3.53. The molecular formula is C27H34F3N5O3. The van der Waals surface area contributed by atoms with E-state index in [4.69, 9.17) is 9.72 Å². The van der Waals surface area contributed by atoms with Crippen molar-refractivity contribution in [1.82, 2.24) is 9.88 Å². The maximum Gasteiger partial charge on any atom is 0.389 e. The highest BCUT2D eigenvalue weighted by atomic mass is 19.4. The lowest BCUT2D eigenvalue weighted by Gasteiger charge is -2.29. The number of morpholine rings is 1. The van der Waals surface area contributed by atoms with Gasteiger partial charge in [-0.1, -0.05) is 6.07 Å². The Morgan fingerprint density at radius 1 is 1.05 bits per heavy atom. The van der Waals surface area contributed by atoms with Gasteiger partial charge in [-0.25, -0.2) is 9.78 Å². The van der Waals surface area contributed by atoms with E-state index in [1.807, 2.05) is 37.3 Å². The third-order valence-electron chi connectivity index (χ3n) is 7.51. The largest absolute Gasteiger partial charge is 0.391 e. The first-order valence-electron chi connectivity index (χ1n) is 13.2. The van der Waals surface area contributed by atoms with Gasteiger partial charge >= 0.3 is 12.2 Å². The van der Waals surface area contributed by atoms with Crippen LogP contribution in [0.5, 0.6) is 0 Å². The number of hydrogen-bond donors (Lipinski definition) is 2. The average molecular weight is 534 g/mol. The van der Waals surface area contributed by atoms with Crippen LogP contribution >= 0.6 is 0 Å². The van der Waals surface area contributed by atoms with Gasteiger partial charge in [0.15, 0.2) is 0 Å². The molecule has 3 aliphatic rings. The van der Waals surface area contributed by atoms with Gasteiger partial charge in [0.1, 0.15) is 11.6 Å². The molecular weight excluding hydrogens is 499 g/mol. The number of alkyl halides is 3. The first-order chi connectivity index (χ1) is 18.1. The summed E-state index contributed by atoms with van der Waals surface area (Å²) >= 11 is 0. The molecule has 8 nitrogen and oxygen atoms in total. The Labute approximate surface area is 220 Å². The molecule has 11 heteroatoms. The number of carbonyl (C=O) groups is 1. The molecule has 3 aliphatic heterocycles. The van der Waals surface area contributed by atoms with Gasteiger partial charge in [-0.3, -0.25) is 0 Å². The predicted octanol–water partition coefficient (Wildman–Crippen LogP) is 4.27. The number of ether oxygens (including phenoxy) is 1. The van der Waals surface area contributed by atoms with E-state index < -0.39 is 18.5 Å². The van der Waals surface area contributed by atoms with E-state index in [-0.39, 0.29) is 18.7 Å². The summed E-state index contributed by atoms with van der Waals surface area (Å²) in [5.41, 5.74) is 3.47. The lowest BCUT2D eigenvalue weighted by molar-refractivity contribution is -0.143. The SMILES string of the molecule is Cc1ccc(NC(=O)N2CCC(CC(F)(F)F)C2)cc1-c1cc(N2CCOCC2)nc(N2CC[C@@H](O)C2)c1. The Kier molecular flexibility index (Phi) is 7.67. The van der Waals surface area contributed by atoms with E-state index in [2.05, 4.69) is 15.1 Å². The minimum absolute atomic E-state index is 0.0996. The van der Waals surface area contributed by atoms with Crippen LogP contribution in [0.25, 0.3) is 11.1 Å². The number of likely N-dealkylation sites (tertiary alicyclic amines) is 1. The number of aliphatic hydroxyl groups excluding tert-OH is 1. The molecule has 4 heterocycles. The number of anilines is 3. The highest BCUT2D eigenvalue weighted by Gasteiger charge is 2.36. The fraction of sp³-hybridized carbons (Fsp3) is 0.556. The molecule has 2 atom stereocenters. The van der Waals surface area contributed by atoms with E-state index in [1.165, 1.54) is 4.90 Å². The Morgan fingerprint density at radius 2 is 1.79 bits per heavy atom. The number of aromatic nitrogens is 1. The van der Waals surface area contributed by atoms with Crippen molar-refractivity contribution in [3.63, 3.8) is 0 Å². The second-order valence-corrected chi connectivity index (χ2v) is 10.4. The van der Waals surface area contributed by atoms with E-state index >= 15 is 0 Å². The van der Waals surface area contributed by atoms with Crippen molar-refractivity contribution in [3.8, 4) is 11.1 Å². The topological polar surface area (TPSA) is 81.2 Å². The number of carbonyl (C=O) groups excluding carboxylic acids is 1. The number of pyridine rings is 1. The van der Waals surface area contributed by atoms with Crippen LogP contribution in [0.4, 0.5) is 35.3 Å². The summed E-state index contributed by atoms with van der Waals surface area (Å²) in [5, 5.41) is 13.0. The van der Waals surface area contributed by atoms with Crippen molar-refractivity contribution in [1.29, 1.82) is 0 Å². The van der Waals surface area contributed by atoms with E-state index in [1.54, 1.807) is 0 Å². The minimum atomic E-state index is -4.22. The van der Waals surface area contributed by atoms with Crippen molar-refractivity contribution in [3.05, 3.63) is 35.9 Å². The molecule has 0 bridgehead atoms. The van der Waals surface area contributed by atoms with Crippen LogP contribution in [0.2, 0.25) is 0 Å². The van der Waals surface area contributed by atoms with Crippen LogP contribution in [0.1, 0.15) is 24.8 Å². The third kappa shape index (κ3) is 6.32. The summed E-state index contributed by atoms with van der Waals surface area (Å²) in [6, 6.07) is 9.30. The molecule has 0 saturated carbocycles. The summed E-state index contributed by atoms with van der Waals surface area (Å²) in [7, 11) is 0. The number of halogens is 3. The van der Waals surface area contributed by atoms with Crippen molar-refractivity contribution in [2.75, 3.05) is 67.6 Å². The molecule has 206 valence electrons. The molecule has 0 radical (unpaired) electrons. The van der Waals surface area contributed by atoms with Crippen LogP contribution in [0.15, 0.2) is 30.3 Å². The number of amides is 2. The molecule has 38 heavy (non-hydrogen) atoms. The predicted molar refractivity (Wildman–Crippen MR) is 140 cm³/mol. The van der Waals surface area contributed by atoms with Crippen LogP contribution < -0.4 is 15.1 Å². The number of urea groups is 1. The van der Waals surface area contributed by atoms with Crippen LogP contribution in [0, 0.1) is 12.8 Å². The standard InChI is InChI=1S/C27H34F3N5O3/c1-18-2-3-21(31-26(37)35-6-4-19(16-35)15-27(28,29)30)14-23(18)20-12-24(33-8-10-38-11-9-33)32-25(13-20)34-7-5-22(36)17-34/h2-3,12-14,19,22,36H,4-11,15-17H2,1H3,(H,31,37)/t19?,22-/m1/s1. The summed E-state index contributed by atoms with van der Waals surface area (Å²) in [6.45, 7) is 6.38. The summed E-state index contributed by atoms with van der Waals surface area (Å²) in [6.07, 6.45) is -4.43. The maximum atomic E-state index is 12.9. The molecule has 3 saturated heterocycles. The zero-order valence-corrected chi connectivity index (χ0v) is 21.5. The summed E-state index contributed by atoms with van der Waals surface area (Å²) in [4.78, 5) is 23.5. The maximum absolute atomic E-state index is 12.9. The highest BCUT2D eigenvalue weighted by molar-refractivity contribution is 5.91. The van der Waals surface area contributed by atoms with Gasteiger partial charge in [-0.2, -0.15) is 13.2 Å². The zero-order valence-electron chi connectivity index (χ0n) is 21.5. The molecule has 2 N–H and O–H groups in total. The summed E-state index contributed by atoms with van der Waals surface area (Å²) < 4.78 is 43.8. The Morgan fingerprint density at radius 3 is 2.47 bits per heavy atom. The van der Waals surface area contributed by atoms with Crippen LogP contribution in [0.3, 0.4) is 0 Å². The van der Waals surface area contributed by atoms with Gasteiger partial charge in [0.2, 0.25) is 0 Å². The number of nitrogens with zero attached hydrogens (tertiary/aromatic N) is 4. The first-order valence-corrected chi connectivity index (χ1v) is 13.2. The van der Waals surface area contributed by atoms with E-state index in [0.717, 1.165) is 48.0 Å². The third-order valence-corrected chi connectivity index (χ3v) is 7.51. The van der Waals surface area contributed by atoms with Crippen molar-refractivity contribution < 1.29 is 27.8 Å². The molecule has 2 aromatic rings. The number of nitrogens with one attached hydrogen (secondary N) is 1. The van der Waals surface area contributed by atoms with Gasteiger partial charge in [0, 0.05) is 51.4 Å². The van der Waals surface area contributed by atoms with Crippen molar-refractivity contribution >= 4 is 23.4 Å². The molecule has 1 unspecified atom stereocenters. The lowest BCUT2D eigenvalue weighted by Crippen LogP contribution is -2.37. The van der Waals surface area contributed by atoms with Crippen molar-refractivity contribution in [2.45, 2.75) is 38.5 Å². The van der Waals surface area contributed by atoms with Crippen molar-refractivity contribution in [2.24, 2.45) is 5.92 Å². The van der Waals surface area contributed by atoms with Crippen LogP contribution in [-0.4, -0.2) is 85.8 Å². The Hall–Kier alpha value is -3.05.